The van der Waals surface area contributed by atoms with Crippen LogP contribution in [0.3, 0.4) is 0 Å². The van der Waals surface area contributed by atoms with E-state index in [4.69, 9.17) is 15.7 Å². The van der Waals surface area contributed by atoms with Crippen molar-refractivity contribution in [2.75, 3.05) is 36.0 Å². The van der Waals surface area contributed by atoms with Gasteiger partial charge in [-0.3, -0.25) is 4.79 Å². The van der Waals surface area contributed by atoms with Crippen molar-refractivity contribution in [1.29, 1.82) is 0 Å². The van der Waals surface area contributed by atoms with Gasteiger partial charge in [0, 0.05) is 49.3 Å². The molecule has 1 aliphatic heterocycles. The van der Waals surface area contributed by atoms with E-state index in [1.54, 1.807) is 18.3 Å². The maximum atomic E-state index is 11.7. The SMILES string of the molecule is CC(C)(C)c1cc(N2CCN(c3ncccc3C(N)=O)CC2)nc(C(C)(C)C)n1. The minimum absolute atomic E-state index is 0.0517. The number of primary amides is 1. The highest BCUT2D eigenvalue weighted by Crippen LogP contribution is 2.29. The zero-order chi connectivity index (χ0) is 21.4. The van der Waals surface area contributed by atoms with Crippen LogP contribution in [0.25, 0.3) is 0 Å². The van der Waals surface area contributed by atoms with E-state index >= 15 is 0 Å². The van der Waals surface area contributed by atoms with Gasteiger partial charge in [0.15, 0.2) is 0 Å². The number of nitrogens with two attached hydrogens (primary N) is 1. The Kier molecular flexibility index (Phi) is 5.52. The molecule has 1 aliphatic rings. The van der Waals surface area contributed by atoms with Gasteiger partial charge >= 0.3 is 0 Å². The highest BCUT2D eigenvalue weighted by atomic mass is 16.1. The number of hydrogen-bond acceptors (Lipinski definition) is 6. The molecule has 0 saturated carbocycles. The highest BCUT2D eigenvalue weighted by molar-refractivity contribution is 5.97. The van der Waals surface area contributed by atoms with Crippen LogP contribution in [0.5, 0.6) is 0 Å². The maximum Gasteiger partial charge on any atom is 0.252 e. The highest BCUT2D eigenvalue weighted by Gasteiger charge is 2.27. The first-order valence-corrected chi connectivity index (χ1v) is 10.1. The largest absolute Gasteiger partial charge is 0.365 e. The molecule has 3 heterocycles. The molecule has 1 saturated heterocycles. The normalized spacial score (nSPS) is 15.5. The van der Waals surface area contributed by atoms with Crippen LogP contribution in [0.1, 0.15) is 63.4 Å². The van der Waals surface area contributed by atoms with Crippen molar-refractivity contribution in [3.05, 3.63) is 41.5 Å². The van der Waals surface area contributed by atoms with Crippen LogP contribution in [0.15, 0.2) is 24.4 Å². The summed E-state index contributed by atoms with van der Waals surface area (Å²) in [5, 5.41) is 0. The van der Waals surface area contributed by atoms with Gasteiger partial charge in [-0.05, 0) is 12.1 Å². The van der Waals surface area contributed by atoms with Crippen molar-refractivity contribution in [2.45, 2.75) is 52.4 Å². The Morgan fingerprint density at radius 3 is 2.14 bits per heavy atom. The second kappa shape index (κ2) is 7.61. The third-order valence-corrected chi connectivity index (χ3v) is 5.11. The number of carbonyl (C=O) groups is 1. The van der Waals surface area contributed by atoms with Crippen LogP contribution in [-0.4, -0.2) is 47.0 Å². The second-order valence-electron chi connectivity index (χ2n) is 9.65. The average molecular weight is 397 g/mol. The predicted molar refractivity (Wildman–Crippen MR) is 117 cm³/mol. The van der Waals surface area contributed by atoms with Crippen LogP contribution in [0.2, 0.25) is 0 Å². The Bertz CT molecular complexity index is 857. The van der Waals surface area contributed by atoms with E-state index in [9.17, 15) is 4.79 Å². The standard InChI is InChI=1S/C22H32N6O/c1-21(2,3)16-14-17(26-20(25-16)22(4,5)6)27-10-12-28(13-11-27)19-15(18(23)29)8-7-9-24-19/h7-9,14H,10-13H2,1-6H3,(H2,23,29). The molecule has 0 spiro atoms. The molecule has 7 nitrogen and oxygen atoms in total. The van der Waals surface area contributed by atoms with E-state index in [2.05, 4.69) is 62.4 Å². The van der Waals surface area contributed by atoms with Crippen molar-refractivity contribution in [1.82, 2.24) is 15.0 Å². The molecule has 0 aromatic carbocycles. The summed E-state index contributed by atoms with van der Waals surface area (Å²) in [6.45, 7) is 16.0. The van der Waals surface area contributed by atoms with Gasteiger partial charge in [0.2, 0.25) is 0 Å². The van der Waals surface area contributed by atoms with Gasteiger partial charge in [-0.1, -0.05) is 41.5 Å². The van der Waals surface area contributed by atoms with Gasteiger partial charge in [-0.15, -0.1) is 0 Å². The molecule has 7 heteroatoms. The fourth-order valence-corrected chi connectivity index (χ4v) is 3.30. The first-order valence-electron chi connectivity index (χ1n) is 10.1. The Morgan fingerprint density at radius 2 is 1.59 bits per heavy atom. The number of nitrogens with zero attached hydrogens (tertiary/aromatic N) is 5. The number of pyridine rings is 1. The second-order valence-corrected chi connectivity index (χ2v) is 9.65. The van der Waals surface area contributed by atoms with E-state index in [0.717, 1.165) is 43.5 Å². The smallest absolute Gasteiger partial charge is 0.252 e. The quantitative estimate of drug-likeness (QED) is 0.858. The topological polar surface area (TPSA) is 88.2 Å². The third kappa shape index (κ3) is 4.66. The molecular formula is C22H32N6O. The van der Waals surface area contributed by atoms with E-state index in [1.807, 2.05) is 0 Å². The Labute approximate surface area is 173 Å². The average Bonchev–Trinajstić information content (AvgIpc) is 2.66. The lowest BCUT2D eigenvalue weighted by Gasteiger charge is -2.37. The summed E-state index contributed by atoms with van der Waals surface area (Å²) in [4.78, 5) is 30.3. The lowest BCUT2D eigenvalue weighted by molar-refractivity contribution is 0.100. The third-order valence-electron chi connectivity index (χ3n) is 5.11. The summed E-state index contributed by atoms with van der Waals surface area (Å²) in [6, 6.07) is 5.58. The molecule has 0 unspecified atom stereocenters. The Morgan fingerprint density at radius 1 is 0.966 bits per heavy atom. The van der Waals surface area contributed by atoms with Gasteiger partial charge in [0.25, 0.3) is 5.91 Å². The molecule has 3 rings (SSSR count). The van der Waals surface area contributed by atoms with Gasteiger partial charge in [0.1, 0.15) is 17.5 Å². The van der Waals surface area contributed by atoms with E-state index in [-0.39, 0.29) is 10.8 Å². The van der Waals surface area contributed by atoms with Gasteiger partial charge in [0.05, 0.1) is 11.3 Å². The zero-order valence-corrected chi connectivity index (χ0v) is 18.4. The first-order chi connectivity index (χ1) is 13.5. The Balaban J connectivity index is 1.85. The van der Waals surface area contributed by atoms with E-state index in [0.29, 0.717) is 11.4 Å². The first kappa shape index (κ1) is 21.0. The van der Waals surface area contributed by atoms with Crippen molar-refractivity contribution >= 4 is 17.5 Å². The lowest BCUT2D eigenvalue weighted by Crippen LogP contribution is -2.48. The molecule has 2 N–H and O–H groups in total. The number of amides is 1. The minimum Gasteiger partial charge on any atom is -0.365 e. The summed E-state index contributed by atoms with van der Waals surface area (Å²) in [6.07, 6.45) is 1.70. The number of rotatable bonds is 3. The molecule has 2 aromatic heterocycles. The van der Waals surface area contributed by atoms with Gasteiger partial charge in [-0.2, -0.15) is 0 Å². The zero-order valence-electron chi connectivity index (χ0n) is 18.4. The minimum atomic E-state index is -0.448. The number of piperazine rings is 1. The molecule has 29 heavy (non-hydrogen) atoms. The monoisotopic (exact) mass is 396 g/mol. The lowest BCUT2D eigenvalue weighted by atomic mass is 9.90. The molecule has 1 amide bonds. The predicted octanol–water partition coefficient (Wildman–Crippen LogP) is 2.89. The summed E-state index contributed by atoms with van der Waals surface area (Å²) < 4.78 is 0. The van der Waals surface area contributed by atoms with E-state index < -0.39 is 5.91 Å². The molecule has 0 aliphatic carbocycles. The fourth-order valence-electron chi connectivity index (χ4n) is 3.30. The summed E-state index contributed by atoms with van der Waals surface area (Å²) >= 11 is 0. The molecule has 156 valence electrons. The van der Waals surface area contributed by atoms with Crippen LogP contribution < -0.4 is 15.5 Å². The molecular weight excluding hydrogens is 364 g/mol. The molecule has 0 atom stereocenters. The summed E-state index contributed by atoms with van der Waals surface area (Å²) in [5.41, 5.74) is 6.86. The number of carbonyl (C=O) groups excluding carboxylic acids is 1. The van der Waals surface area contributed by atoms with Crippen LogP contribution in [0.4, 0.5) is 11.6 Å². The molecule has 0 radical (unpaired) electrons. The molecule has 1 fully saturated rings. The Hall–Kier alpha value is -2.70. The molecule has 0 bridgehead atoms. The van der Waals surface area contributed by atoms with Crippen molar-refractivity contribution < 1.29 is 4.79 Å². The fraction of sp³-hybridized carbons (Fsp3) is 0.545. The number of aromatic nitrogens is 3. The maximum absolute atomic E-state index is 11.7. The summed E-state index contributed by atoms with van der Waals surface area (Å²) in [5.74, 6) is 2.04. The van der Waals surface area contributed by atoms with Gasteiger partial charge < -0.3 is 15.5 Å². The van der Waals surface area contributed by atoms with Crippen LogP contribution in [0, 0.1) is 0 Å². The van der Waals surface area contributed by atoms with Crippen LogP contribution >= 0.6 is 0 Å². The van der Waals surface area contributed by atoms with Crippen molar-refractivity contribution in [2.24, 2.45) is 5.73 Å². The van der Waals surface area contributed by atoms with Crippen LogP contribution in [-0.2, 0) is 10.8 Å². The van der Waals surface area contributed by atoms with Crippen molar-refractivity contribution in [3.8, 4) is 0 Å². The molecule has 2 aromatic rings. The number of anilines is 2. The summed E-state index contributed by atoms with van der Waals surface area (Å²) in [7, 11) is 0. The van der Waals surface area contributed by atoms with Crippen molar-refractivity contribution in [3.63, 3.8) is 0 Å². The van der Waals surface area contributed by atoms with E-state index in [1.165, 1.54) is 0 Å². The van der Waals surface area contributed by atoms with Gasteiger partial charge in [-0.25, -0.2) is 15.0 Å². The number of hydrogen-bond donors (Lipinski definition) is 1.